The number of rotatable bonds is 0. The normalized spacial score (nSPS) is 15.5. The molecule has 1 aliphatic rings. The topological polar surface area (TPSA) is 0 Å². The molecule has 0 unspecified atom stereocenters. The molecule has 1 aromatic rings. The van der Waals surface area contributed by atoms with Gasteiger partial charge in [-0.15, -0.1) is 17.1 Å². The molecule has 11 heavy (non-hydrogen) atoms. The van der Waals surface area contributed by atoms with Crippen molar-refractivity contribution in [3.05, 3.63) is 27.3 Å². The second-order valence-corrected chi connectivity index (χ2v) is 3.75. The zero-order chi connectivity index (χ0) is 7.68. The minimum atomic E-state index is 1.15. The molecule has 2 rings (SSSR count). The minimum absolute atomic E-state index is 1.15. The van der Waals surface area contributed by atoms with Gasteiger partial charge in [0.1, 0.15) is 0 Å². The largest absolute Gasteiger partial charge is 0.135 e. The first kappa shape index (κ1) is 6.90. The van der Waals surface area contributed by atoms with Crippen LogP contribution in [0.4, 0.5) is 0 Å². The molecule has 0 atom stereocenters. The monoisotopic (exact) mass is 162 g/mol. The van der Waals surface area contributed by atoms with Gasteiger partial charge in [0.05, 0.1) is 4.53 Å². The molecule has 1 aromatic heterocycles. The Labute approximate surface area is 70.2 Å². The van der Waals surface area contributed by atoms with Crippen LogP contribution < -0.4 is 9.75 Å². The van der Waals surface area contributed by atoms with Crippen molar-refractivity contribution in [2.45, 2.75) is 19.8 Å². The van der Waals surface area contributed by atoms with Gasteiger partial charge in [0.15, 0.2) is 0 Å². The lowest BCUT2D eigenvalue weighted by molar-refractivity contribution is 1.06. The fourth-order valence-corrected chi connectivity index (χ4v) is 2.21. The Hall–Kier alpha value is -0.780. The highest BCUT2D eigenvalue weighted by atomic mass is 32.1. The van der Waals surface area contributed by atoms with Gasteiger partial charge in [-0.1, -0.05) is 5.57 Å². The Morgan fingerprint density at radius 2 is 2.45 bits per heavy atom. The van der Waals surface area contributed by atoms with Crippen molar-refractivity contribution in [1.82, 2.24) is 0 Å². The molecule has 1 heteroatoms. The fourth-order valence-electron chi connectivity index (χ4n) is 1.35. The van der Waals surface area contributed by atoms with Crippen LogP contribution >= 0.6 is 11.3 Å². The highest BCUT2D eigenvalue weighted by molar-refractivity contribution is 7.07. The van der Waals surface area contributed by atoms with Crippen LogP contribution in [0, 0.1) is 0 Å². The summed E-state index contributed by atoms with van der Waals surface area (Å²) in [6.45, 7) is 2.21. The first-order valence-corrected chi connectivity index (χ1v) is 4.74. The maximum absolute atomic E-state index is 3.31. The van der Waals surface area contributed by atoms with Crippen LogP contribution in [0.15, 0.2) is 17.5 Å². The van der Waals surface area contributed by atoms with E-state index in [0.29, 0.717) is 0 Å². The summed E-state index contributed by atoms with van der Waals surface area (Å²) in [4.78, 5) is 0. The van der Waals surface area contributed by atoms with Crippen molar-refractivity contribution in [3.8, 4) is 0 Å². The molecule has 0 radical (unpaired) electrons. The molecule has 0 bridgehead atoms. The molecule has 0 aromatic carbocycles. The summed E-state index contributed by atoms with van der Waals surface area (Å²) in [6.07, 6.45) is 4.48. The average Bonchev–Trinajstić information content (AvgIpc) is 2.40. The number of hydrogen-bond donors (Lipinski definition) is 0. The number of thiophene rings is 1. The molecule has 0 nitrogen and oxygen atoms in total. The van der Waals surface area contributed by atoms with Crippen molar-refractivity contribution >= 4 is 22.6 Å². The van der Waals surface area contributed by atoms with Gasteiger partial charge in [-0.3, -0.25) is 0 Å². The van der Waals surface area contributed by atoms with Crippen LogP contribution in [0.3, 0.4) is 0 Å². The van der Waals surface area contributed by atoms with Gasteiger partial charge in [-0.05, 0) is 42.5 Å². The molecule has 0 saturated heterocycles. The summed E-state index contributed by atoms with van der Waals surface area (Å²) >= 11 is 1.78. The van der Waals surface area contributed by atoms with E-state index in [0.717, 1.165) is 6.42 Å². The maximum atomic E-state index is 3.31. The van der Waals surface area contributed by atoms with Crippen molar-refractivity contribution < 1.29 is 0 Å². The van der Waals surface area contributed by atoms with E-state index in [2.05, 4.69) is 30.2 Å². The molecular formula is C10H10S. The van der Waals surface area contributed by atoms with Gasteiger partial charge < -0.3 is 0 Å². The SMILES string of the molecule is CC1=c2ccsc2=C=CCC1. The first-order chi connectivity index (χ1) is 5.38. The fraction of sp³-hybridized carbons (Fsp3) is 0.300. The van der Waals surface area contributed by atoms with Crippen molar-refractivity contribution in [2.75, 3.05) is 0 Å². The average molecular weight is 162 g/mol. The third kappa shape index (κ3) is 1.18. The second-order valence-electron chi connectivity index (χ2n) is 2.83. The molecule has 0 fully saturated rings. The maximum Gasteiger partial charge on any atom is 0.0756 e. The van der Waals surface area contributed by atoms with Gasteiger partial charge in [0.25, 0.3) is 0 Å². The van der Waals surface area contributed by atoms with Crippen LogP contribution in [0.2, 0.25) is 0 Å². The van der Waals surface area contributed by atoms with Crippen molar-refractivity contribution in [3.63, 3.8) is 0 Å². The van der Waals surface area contributed by atoms with Crippen molar-refractivity contribution in [2.24, 2.45) is 0 Å². The first-order valence-electron chi connectivity index (χ1n) is 3.86. The lowest BCUT2D eigenvalue weighted by atomic mass is 10.1. The third-order valence-corrected chi connectivity index (χ3v) is 2.87. The summed E-state index contributed by atoms with van der Waals surface area (Å²) in [5, 5.41) is 3.55. The lowest BCUT2D eigenvalue weighted by Crippen LogP contribution is -2.18. The Balaban J connectivity index is 2.96. The van der Waals surface area contributed by atoms with E-state index in [1.807, 2.05) is 0 Å². The van der Waals surface area contributed by atoms with Crippen LogP contribution in [0.5, 0.6) is 0 Å². The summed E-state index contributed by atoms with van der Waals surface area (Å²) in [5.74, 6) is 0. The van der Waals surface area contributed by atoms with E-state index in [1.54, 1.807) is 11.3 Å². The van der Waals surface area contributed by atoms with Crippen LogP contribution in [0.1, 0.15) is 19.8 Å². The number of hydrogen-bond acceptors (Lipinski definition) is 1. The summed E-state index contributed by atoms with van der Waals surface area (Å²) in [7, 11) is 0. The van der Waals surface area contributed by atoms with E-state index < -0.39 is 0 Å². The molecular weight excluding hydrogens is 152 g/mol. The van der Waals surface area contributed by atoms with Gasteiger partial charge in [0, 0.05) is 0 Å². The van der Waals surface area contributed by atoms with E-state index in [1.165, 1.54) is 21.7 Å². The highest BCUT2D eigenvalue weighted by Crippen LogP contribution is 2.04. The van der Waals surface area contributed by atoms with Gasteiger partial charge in [0.2, 0.25) is 0 Å². The Morgan fingerprint density at radius 3 is 3.36 bits per heavy atom. The summed E-state index contributed by atoms with van der Waals surface area (Å²) in [5.41, 5.74) is 4.81. The van der Waals surface area contributed by atoms with Crippen LogP contribution in [-0.4, -0.2) is 0 Å². The quantitative estimate of drug-likeness (QED) is 0.544. The molecule has 0 saturated carbocycles. The molecule has 0 aliphatic heterocycles. The summed E-state index contributed by atoms with van der Waals surface area (Å²) in [6, 6.07) is 2.20. The highest BCUT2D eigenvalue weighted by Gasteiger charge is 1.95. The Kier molecular flexibility index (Phi) is 1.69. The smallest absolute Gasteiger partial charge is 0.0756 e. The van der Waals surface area contributed by atoms with Crippen LogP contribution in [0.25, 0.3) is 11.3 Å². The predicted octanol–water partition coefficient (Wildman–Crippen LogP) is 1.65. The number of fused-ring (bicyclic) bond motifs is 1. The van der Waals surface area contributed by atoms with Crippen LogP contribution in [-0.2, 0) is 0 Å². The van der Waals surface area contributed by atoms with Gasteiger partial charge in [-0.2, -0.15) is 0 Å². The van der Waals surface area contributed by atoms with Gasteiger partial charge >= 0.3 is 0 Å². The zero-order valence-corrected chi connectivity index (χ0v) is 7.37. The lowest BCUT2D eigenvalue weighted by Gasteiger charge is -1.91. The van der Waals surface area contributed by atoms with E-state index in [4.69, 9.17) is 0 Å². The van der Waals surface area contributed by atoms with E-state index in [9.17, 15) is 0 Å². The van der Waals surface area contributed by atoms with Crippen molar-refractivity contribution in [1.29, 1.82) is 0 Å². The third-order valence-electron chi connectivity index (χ3n) is 2.02. The Morgan fingerprint density at radius 1 is 1.55 bits per heavy atom. The molecule has 0 amide bonds. The second kappa shape index (κ2) is 2.69. The standard InChI is InChI=1S/C10H10S/c1-8-4-2-3-5-10-9(8)6-7-11-10/h3,6-7H,2,4H2,1H3. The molecule has 0 spiro atoms. The van der Waals surface area contributed by atoms with Gasteiger partial charge in [-0.25, -0.2) is 0 Å². The predicted molar refractivity (Wildman–Crippen MR) is 49.9 cm³/mol. The number of allylic oxidation sites excluding steroid dienone is 1. The molecule has 56 valence electrons. The molecule has 0 N–H and O–H groups in total. The van der Waals surface area contributed by atoms with E-state index >= 15 is 0 Å². The Bertz CT molecular complexity index is 402. The summed E-state index contributed by atoms with van der Waals surface area (Å²) < 4.78 is 1.31. The zero-order valence-electron chi connectivity index (χ0n) is 6.55. The minimum Gasteiger partial charge on any atom is -0.135 e. The molecule has 1 aliphatic carbocycles. The molecule has 1 heterocycles. The van der Waals surface area contributed by atoms with E-state index in [-0.39, 0.29) is 0 Å².